The number of hydrogen-bond acceptors (Lipinski definition) is 2. The molecule has 1 N–H and O–H groups in total. The first kappa shape index (κ1) is 10.5. The molecule has 0 aromatic carbocycles. The van der Waals surface area contributed by atoms with Crippen LogP contribution in [0.2, 0.25) is 0 Å². The molecule has 0 saturated heterocycles. The third kappa shape index (κ3) is 2.22. The molecule has 4 heteroatoms. The highest BCUT2D eigenvalue weighted by molar-refractivity contribution is 5.97. The van der Waals surface area contributed by atoms with Crippen LogP contribution in [-0.4, -0.2) is 28.4 Å². The van der Waals surface area contributed by atoms with Gasteiger partial charge in [-0.15, -0.1) is 0 Å². The van der Waals surface area contributed by atoms with Gasteiger partial charge in [0, 0.05) is 12.7 Å². The molecule has 0 fully saturated rings. The number of allylic oxidation sites excluding steroid dienone is 3. The van der Waals surface area contributed by atoms with Gasteiger partial charge in [0.2, 0.25) is 5.91 Å². The second-order valence-electron chi connectivity index (χ2n) is 3.02. The predicted octanol–water partition coefficient (Wildman–Crippen LogP) is 1.01. The predicted molar refractivity (Wildman–Crippen MR) is 51.4 cm³/mol. The number of hydrogen-bond donors (Lipinski definition) is 1. The summed E-state index contributed by atoms with van der Waals surface area (Å²) in [6, 6.07) is 0. The first-order chi connectivity index (χ1) is 6.66. The lowest BCUT2D eigenvalue weighted by Gasteiger charge is -2.20. The highest BCUT2D eigenvalue weighted by Gasteiger charge is 2.28. The monoisotopic (exact) mass is 195 g/mol. The van der Waals surface area contributed by atoms with Gasteiger partial charge in [-0.1, -0.05) is 12.2 Å². The zero-order chi connectivity index (χ0) is 10.6. The van der Waals surface area contributed by atoms with Crippen molar-refractivity contribution in [2.24, 2.45) is 5.92 Å². The standard InChI is InChI=1S/C10H13NO3/c1-2-11-7-5-3-4-6-8(9(11)12)10(13)14/h3-5,7-8H,2,6H2,1H3,(H,13,14)/b4-3-,7-5-. The summed E-state index contributed by atoms with van der Waals surface area (Å²) in [5, 5.41) is 8.83. The molecule has 76 valence electrons. The van der Waals surface area contributed by atoms with Crippen LogP contribution in [0.1, 0.15) is 13.3 Å². The van der Waals surface area contributed by atoms with Crippen LogP contribution in [0.5, 0.6) is 0 Å². The maximum atomic E-state index is 11.6. The van der Waals surface area contributed by atoms with Crippen molar-refractivity contribution in [2.75, 3.05) is 6.54 Å². The van der Waals surface area contributed by atoms with Crippen molar-refractivity contribution in [3.05, 3.63) is 24.4 Å². The van der Waals surface area contributed by atoms with Crippen LogP contribution < -0.4 is 0 Å². The first-order valence-corrected chi connectivity index (χ1v) is 4.53. The molecule has 1 amide bonds. The third-order valence-corrected chi connectivity index (χ3v) is 2.10. The number of carbonyl (C=O) groups is 2. The second-order valence-corrected chi connectivity index (χ2v) is 3.02. The fourth-order valence-electron chi connectivity index (χ4n) is 1.29. The summed E-state index contributed by atoms with van der Waals surface area (Å²) in [5.74, 6) is -2.36. The molecular weight excluding hydrogens is 182 g/mol. The fourth-order valence-corrected chi connectivity index (χ4v) is 1.29. The van der Waals surface area contributed by atoms with Crippen LogP contribution in [0.25, 0.3) is 0 Å². The largest absolute Gasteiger partial charge is 0.481 e. The zero-order valence-electron chi connectivity index (χ0n) is 8.01. The van der Waals surface area contributed by atoms with E-state index in [1.54, 1.807) is 24.4 Å². The van der Waals surface area contributed by atoms with Gasteiger partial charge in [-0.25, -0.2) is 0 Å². The maximum absolute atomic E-state index is 11.6. The lowest BCUT2D eigenvalue weighted by molar-refractivity contribution is -0.149. The van der Waals surface area contributed by atoms with Crippen LogP contribution in [0.4, 0.5) is 0 Å². The molecular formula is C10H13NO3. The summed E-state index contributed by atoms with van der Waals surface area (Å²) in [6.07, 6.45) is 7.05. The van der Waals surface area contributed by atoms with E-state index in [-0.39, 0.29) is 12.3 Å². The quantitative estimate of drug-likeness (QED) is 0.669. The Morgan fingerprint density at radius 1 is 1.64 bits per heavy atom. The molecule has 1 rings (SSSR count). The van der Waals surface area contributed by atoms with E-state index in [4.69, 9.17) is 5.11 Å². The molecule has 0 aromatic rings. The summed E-state index contributed by atoms with van der Waals surface area (Å²) < 4.78 is 0. The smallest absolute Gasteiger partial charge is 0.316 e. The molecule has 0 aromatic heterocycles. The normalized spacial score (nSPS) is 26.5. The summed E-state index contributed by atoms with van der Waals surface area (Å²) >= 11 is 0. The molecule has 0 bridgehead atoms. The van der Waals surface area contributed by atoms with Gasteiger partial charge in [0.1, 0.15) is 5.92 Å². The Bertz CT molecular complexity index is 294. The van der Waals surface area contributed by atoms with Crippen LogP contribution in [0, 0.1) is 5.92 Å². The molecule has 1 unspecified atom stereocenters. The van der Waals surface area contributed by atoms with Crippen molar-refractivity contribution in [3.63, 3.8) is 0 Å². The minimum atomic E-state index is -1.06. The highest BCUT2D eigenvalue weighted by atomic mass is 16.4. The van der Waals surface area contributed by atoms with E-state index in [1.165, 1.54) is 4.90 Å². The number of carboxylic acid groups (broad SMARTS) is 1. The van der Waals surface area contributed by atoms with E-state index in [0.717, 1.165) is 0 Å². The van der Waals surface area contributed by atoms with Gasteiger partial charge in [0.05, 0.1) is 0 Å². The topological polar surface area (TPSA) is 57.6 Å². The lowest BCUT2D eigenvalue weighted by Crippen LogP contribution is -2.36. The Labute approximate surface area is 82.5 Å². The summed E-state index contributed by atoms with van der Waals surface area (Å²) in [7, 11) is 0. The van der Waals surface area contributed by atoms with Crippen LogP contribution >= 0.6 is 0 Å². The summed E-state index contributed by atoms with van der Waals surface area (Å²) in [5.41, 5.74) is 0. The summed E-state index contributed by atoms with van der Waals surface area (Å²) in [6.45, 7) is 2.30. The third-order valence-electron chi connectivity index (χ3n) is 2.10. The van der Waals surface area contributed by atoms with E-state index in [2.05, 4.69) is 0 Å². The number of aliphatic carboxylic acids is 1. The number of amides is 1. The number of carboxylic acids is 1. The van der Waals surface area contributed by atoms with Crippen molar-refractivity contribution in [1.82, 2.24) is 4.90 Å². The summed E-state index contributed by atoms with van der Waals surface area (Å²) in [4.78, 5) is 23.8. The fraction of sp³-hybridized carbons (Fsp3) is 0.400. The zero-order valence-corrected chi connectivity index (χ0v) is 8.01. The average molecular weight is 195 g/mol. The van der Waals surface area contributed by atoms with Gasteiger partial charge in [-0.2, -0.15) is 0 Å². The van der Waals surface area contributed by atoms with Crippen molar-refractivity contribution in [3.8, 4) is 0 Å². The molecule has 4 nitrogen and oxygen atoms in total. The molecule has 14 heavy (non-hydrogen) atoms. The van der Waals surface area contributed by atoms with Gasteiger partial charge in [-0.3, -0.25) is 9.59 Å². The van der Waals surface area contributed by atoms with Gasteiger partial charge < -0.3 is 10.0 Å². The number of nitrogens with zero attached hydrogens (tertiary/aromatic N) is 1. The minimum absolute atomic E-state index is 0.259. The Morgan fingerprint density at radius 3 is 2.93 bits per heavy atom. The lowest BCUT2D eigenvalue weighted by atomic mass is 10.0. The van der Waals surface area contributed by atoms with Crippen LogP contribution in [0.3, 0.4) is 0 Å². The molecule has 1 aliphatic rings. The van der Waals surface area contributed by atoms with Crippen LogP contribution in [-0.2, 0) is 9.59 Å². The minimum Gasteiger partial charge on any atom is -0.481 e. The van der Waals surface area contributed by atoms with Crippen molar-refractivity contribution < 1.29 is 14.7 Å². The maximum Gasteiger partial charge on any atom is 0.316 e. The molecule has 0 aliphatic carbocycles. The van der Waals surface area contributed by atoms with Gasteiger partial charge in [-0.05, 0) is 19.4 Å². The Balaban J connectivity index is 2.89. The van der Waals surface area contributed by atoms with Gasteiger partial charge in [0.25, 0.3) is 0 Å². The van der Waals surface area contributed by atoms with Gasteiger partial charge in [0.15, 0.2) is 0 Å². The van der Waals surface area contributed by atoms with E-state index >= 15 is 0 Å². The average Bonchev–Trinajstić information content (AvgIpc) is 2.12. The van der Waals surface area contributed by atoms with E-state index in [0.29, 0.717) is 6.54 Å². The Hall–Kier alpha value is -1.58. The number of carbonyl (C=O) groups excluding carboxylic acids is 1. The molecule has 0 saturated carbocycles. The van der Waals surface area contributed by atoms with E-state index in [9.17, 15) is 9.59 Å². The Morgan fingerprint density at radius 2 is 2.36 bits per heavy atom. The molecule has 1 aliphatic heterocycles. The van der Waals surface area contributed by atoms with Gasteiger partial charge >= 0.3 is 5.97 Å². The van der Waals surface area contributed by atoms with Crippen molar-refractivity contribution >= 4 is 11.9 Å². The van der Waals surface area contributed by atoms with Crippen molar-refractivity contribution in [1.29, 1.82) is 0 Å². The van der Waals surface area contributed by atoms with E-state index in [1.807, 2.05) is 6.92 Å². The molecule has 0 radical (unpaired) electrons. The van der Waals surface area contributed by atoms with Crippen molar-refractivity contribution in [2.45, 2.75) is 13.3 Å². The molecule has 1 heterocycles. The van der Waals surface area contributed by atoms with Crippen LogP contribution in [0.15, 0.2) is 24.4 Å². The first-order valence-electron chi connectivity index (χ1n) is 4.53. The number of rotatable bonds is 2. The molecule has 0 spiro atoms. The SMILES string of the molecule is CCN1/C=C\C=C/CC(C(=O)O)C1=O. The molecule has 1 atom stereocenters. The second kappa shape index (κ2) is 4.60. The van der Waals surface area contributed by atoms with E-state index < -0.39 is 11.9 Å². The Kier molecular flexibility index (Phi) is 3.45. The highest BCUT2D eigenvalue weighted by Crippen LogP contribution is 2.12.